The van der Waals surface area contributed by atoms with Gasteiger partial charge in [0.2, 0.25) is 0 Å². The van der Waals surface area contributed by atoms with Gasteiger partial charge in [-0.1, -0.05) is 54.6 Å². The highest BCUT2D eigenvalue weighted by Crippen LogP contribution is 2.26. The van der Waals surface area contributed by atoms with Crippen LogP contribution in [0.2, 0.25) is 0 Å². The molecule has 0 saturated heterocycles. The summed E-state index contributed by atoms with van der Waals surface area (Å²) in [5.74, 6) is -0.865. The fourth-order valence-electron chi connectivity index (χ4n) is 3.41. The van der Waals surface area contributed by atoms with Crippen molar-refractivity contribution in [2.24, 2.45) is 0 Å². The van der Waals surface area contributed by atoms with Gasteiger partial charge >= 0.3 is 11.9 Å². The van der Waals surface area contributed by atoms with Crippen LogP contribution < -0.4 is 9.47 Å². The van der Waals surface area contributed by atoms with E-state index in [9.17, 15) is 9.59 Å². The molecule has 0 aliphatic carbocycles. The van der Waals surface area contributed by atoms with Gasteiger partial charge in [-0.2, -0.15) is 5.26 Å². The van der Waals surface area contributed by atoms with Gasteiger partial charge in [-0.3, -0.25) is 9.59 Å². The molecule has 0 N–H and O–H groups in total. The Labute approximate surface area is 202 Å². The van der Waals surface area contributed by atoms with E-state index in [0.29, 0.717) is 22.7 Å². The molecule has 0 aromatic heterocycles. The minimum Gasteiger partial charge on any atom is -0.426 e. The van der Waals surface area contributed by atoms with Crippen molar-refractivity contribution in [2.45, 2.75) is 6.42 Å². The summed E-state index contributed by atoms with van der Waals surface area (Å²) in [5.41, 5.74) is 4.59. The van der Waals surface area contributed by atoms with Crippen molar-refractivity contribution >= 4 is 17.6 Å². The number of nitriles is 1. The number of esters is 2. The van der Waals surface area contributed by atoms with Gasteiger partial charge in [-0.25, -0.2) is 4.85 Å². The van der Waals surface area contributed by atoms with Crippen LogP contribution in [0.25, 0.3) is 27.1 Å². The van der Waals surface area contributed by atoms with E-state index in [2.05, 4.69) is 10.9 Å². The summed E-state index contributed by atoms with van der Waals surface area (Å²) >= 11 is 0. The summed E-state index contributed by atoms with van der Waals surface area (Å²) in [6.45, 7) is 7.12. The molecule has 35 heavy (non-hydrogen) atoms. The quantitative estimate of drug-likeness (QED) is 0.146. The van der Waals surface area contributed by atoms with Crippen LogP contribution in [-0.4, -0.2) is 11.9 Å². The van der Waals surface area contributed by atoms with E-state index in [1.54, 1.807) is 78.9 Å². The van der Waals surface area contributed by atoms with Crippen LogP contribution in [0.15, 0.2) is 97.1 Å². The fraction of sp³-hybridized carbons (Fsp3) is 0.0345. The molecule has 0 aliphatic rings. The topological polar surface area (TPSA) is 80.8 Å². The van der Waals surface area contributed by atoms with Gasteiger partial charge in [0.1, 0.15) is 17.9 Å². The van der Waals surface area contributed by atoms with Crippen molar-refractivity contribution in [3.05, 3.63) is 114 Å². The molecule has 4 rings (SSSR count). The second kappa shape index (κ2) is 10.6. The van der Waals surface area contributed by atoms with Crippen molar-refractivity contribution in [3.63, 3.8) is 0 Å². The Balaban J connectivity index is 1.32. The van der Waals surface area contributed by atoms with E-state index in [-0.39, 0.29) is 0 Å². The smallest absolute Gasteiger partial charge is 0.322 e. The Morgan fingerprint density at radius 2 is 1.23 bits per heavy atom. The molecule has 0 fully saturated rings. The Morgan fingerprint density at radius 1 is 0.714 bits per heavy atom. The first-order chi connectivity index (χ1) is 17.0. The zero-order chi connectivity index (χ0) is 24.6. The first-order valence-corrected chi connectivity index (χ1v) is 10.6. The van der Waals surface area contributed by atoms with Crippen LogP contribution in [0.1, 0.15) is 12.0 Å². The number of nitrogens with zero attached hydrogens (tertiary/aromatic N) is 2. The highest BCUT2D eigenvalue weighted by molar-refractivity contribution is 5.93. The molecular formula is C29H18N2O4. The molecule has 6 nitrogen and oxygen atoms in total. The van der Waals surface area contributed by atoms with Crippen molar-refractivity contribution in [1.82, 2.24) is 0 Å². The Morgan fingerprint density at radius 3 is 1.74 bits per heavy atom. The maximum atomic E-state index is 12.2. The molecule has 0 spiro atoms. The molecule has 6 heteroatoms. The molecule has 4 aromatic carbocycles. The van der Waals surface area contributed by atoms with E-state index in [1.807, 2.05) is 18.2 Å². The first-order valence-electron chi connectivity index (χ1n) is 10.6. The summed E-state index contributed by atoms with van der Waals surface area (Å²) in [6, 6.07) is 30.1. The van der Waals surface area contributed by atoms with Crippen LogP contribution in [0.5, 0.6) is 11.5 Å². The third-order valence-corrected chi connectivity index (χ3v) is 5.09. The molecule has 0 amide bonds. The summed E-state index contributed by atoms with van der Waals surface area (Å²) in [6.07, 6.45) is -0.541. The SMILES string of the molecule is [C-]#[N+]c1cccc(-c2ccc(OC(=O)CC(=O)Oc3ccc(-c4cccc(C#N)c4)cc3)cc2)c1. The summed E-state index contributed by atoms with van der Waals surface area (Å²) in [4.78, 5) is 27.8. The molecule has 0 radical (unpaired) electrons. The van der Waals surface area contributed by atoms with Crippen LogP contribution in [-0.2, 0) is 9.59 Å². The summed E-state index contributed by atoms with van der Waals surface area (Å²) in [7, 11) is 0. The molecule has 4 aromatic rings. The molecule has 0 saturated carbocycles. The standard InChI is InChI=1S/C29H18N2O4/c1-31-25-7-3-6-24(17-25)22-10-14-27(15-11-22)35-29(33)18-28(32)34-26-12-8-21(9-13-26)23-5-2-4-20(16-23)19-30/h2-17H,18H2. The number of ether oxygens (including phenoxy) is 2. The van der Waals surface area contributed by atoms with Gasteiger partial charge in [-0.05, 0) is 64.7 Å². The van der Waals surface area contributed by atoms with Gasteiger partial charge in [0.15, 0.2) is 5.69 Å². The second-order valence-corrected chi connectivity index (χ2v) is 7.53. The molecule has 0 heterocycles. The monoisotopic (exact) mass is 458 g/mol. The van der Waals surface area contributed by atoms with E-state index >= 15 is 0 Å². The van der Waals surface area contributed by atoms with Crippen LogP contribution in [0.4, 0.5) is 5.69 Å². The molecule has 0 unspecified atom stereocenters. The van der Waals surface area contributed by atoms with Crippen LogP contribution in [0.3, 0.4) is 0 Å². The molecular weight excluding hydrogens is 440 g/mol. The molecule has 0 bridgehead atoms. The highest BCUT2D eigenvalue weighted by Gasteiger charge is 2.14. The van der Waals surface area contributed by atoms with E-state index < -0.39 is 18.4 Å². The van der Waals surface area contributed by atoms with Crippen molar-refractivity contribution in [3.8, 4) is 39.8 Å². The Bertz CT molecular complexity index is 1350. The zero-order valence-corrected chi connectivity index (χ0v) is 18.5. The van der Waals surface area contributed by atoms with Crippen molar-refractivity contribution in [1.29, 1.82) is 5.26 Å². The van der Waals surface area contributed by atoms with Crippen LogP contribution >= 0.6 is 0 Å². The highest BCUT2D eigenvalue weighted by atomic mass is 16.6. The maximum absolute atomic E-state index is 12.2. The normalized spacial score (nSPS) is 10.0. The molecule has 168 valence electrons. The number of carbonyl (C=O) groups excluding carboxylic acids is 2. The average molecular weight is 458 g/mol. The van der Waals surface area contributed by atoms with E-state index in [0.717, 1.165) is 22.3 Å². The minimum atomic E-state index is -0.734. The van der Waals surface area contributed by atoms with Crippen molar-refractivity contribution in [2.75, 3.05) is 0 Å². The van der Waals surface area contributed by atoms with E-state index in [4.69, 9.17) is 21.3 Å². The maximum Gasteiger partial charge on any atom is 0.322 e. The van der Waals surface area contributed by atoms with Crippen LogP contribution in [0, 0.1) is 17.9 Å². The van der Waals surface area contributed by atoms with Gasteiger partial charge in [0.05, 0.1) is 18.2 Å². The third-order valence-electron chi connectivity index (χ3n) is 5.09. The number of carbonyl (C=O) groups is 2. The van der Waals surface area contributed by atoms with Gasteiger partial charge < -0.3 is 9.47 Å². The minimum absolute atomic E-state index is 0.300. The van der Waals surface area contributed by atoms with Gasteiger partial charge in [0, 0.05) is 0 Å². The number of benzene rings is 4. The summed E-state index contributed by atoms with van der Waals surface area (Å²) < 4.78 is 10.5. The Hall–Kier alpha value is -5.20. The van der Waals surface area contributed by atoms with Gasteiger partial charge in [0.25, 0.3) is 0 Å². The number of rotatable bonds is 6. The molecule has 0 atom stereocenters. The fourth-order valence-corrected chi connectivity index (χ4v) is 3.41. The number of hydrogen-bond donors (Lipinski definition) is 0. The van der Waals surface area contributed by atoms with E-state index in [1.165, 1.54) is 0 Å². The predicted molar refractivity (Wildman–Crippen MR) is 131 cm³/mol. The lowest BCUT2D eigenvalue weighted by molar-refractivity contribution is -0.144. The largest absolute Gasteiger partial charge is 0.426 e. The molecule has 0 aliphatic heterocycles. The zero-order valence-electron chi connectivity index (χ0n) is 18.5. The third kappa shape index (κ3) is 5.98. The summed E-state index contributed by atoms with van der Waals surface area (Å²) in [5, 5.41) is 9.04. The lowest BCUT2D eigenvalue weighted by Crippen LogP contribution is -2.18. The lowest BCUT2D eigenvalue weighted by atomic mass is 10.0. The first kappa shape index (κ1) is 23.0. The second-order valence-electron chi connectivity index (χ2n) is 7.53. The predicted octanol–water partition coefficient (Wildman–Crippen LogP) is 6.34. The lowest BCUT2D eigenvalue weighted by Gasteiger charge is -2.08. The Kier molecular flexibility index (Phi) is 6.97. The van der Waals surface area contributed by atoms with Crippen molar-refractivity contribution < 1.29 is 19.1 Å². The number of hydrogen-bond acceptors (Lipinski definition) is 5. The average Bonchev–Trinajstić information content (AvgIpc) is 2.89. The van der Waals surface area contributed by atoms with Gasteiger partial charge in [-0.15, -0.1) is 0 Å².